The molecule has 0 aliphatic rings. The number of aliphatic hydroxyl groups is 1. The van der Waals surface area contributed by atoms with Crippen LogP contribution in [0.5, 0.6) is 0 Å². The van der Waals surface area contributed by atoms with Crippen molar-refractivity contribution in [2.45, 2.75) is 6.61 Å². The van der Waals surface area contributed by atoms with E-state index in [1.807, 2.05) is 28.8 Å². The van der Waals surface area contributed by atoms with Gasteiger partial charge in [-0.1, -0.05) is 12.1 Å². The molecule has 1 aromatic carbocycles. The fourth-order valence-corrected chi connectivity index (χ4v) is 2.08. The van der Waals surface area contributed by atoms with Crippen molar-refractivity contribution in [1.29, 1.82) is 0 Å². The van der Waals surface area contributed by atoms with E-state index in [1.54, 1.807) is 31.0 Å². The van der Waals surface area contributed by atoms with Crippen molar-refractivity contribution in [2.75, 3.05) is 5.73 Å². The first kappa shape index (κ1) is 12.4. The molecule has 5 nitrogen and oxygen atoms in total. The Bertz CT molecular complexity index is 719. The molecule has 20 heavy (non-hydrogen) atoms. The van der Waals surface area contributed by atoms with Gasteiger partial charge in [-0.2, -0.15) is 0 Å². The molecule has 0 unspecified atom stereocenters. The van der Waals surface area contributed by atoms with Crippen LogP contribution in [0.1, 0.15) is 5.56 Å². The lowest BCUT2D eigenvalue weighted by Crippen LogP contribution is -1.98. The average molecular weight is 266 g/mol. The minimum Gasteiger partial charge on any atom is -0.398 e. The van der Waals surface area contributed by atoms with Crippen LogP contribution in [0.3, 0.4) is 0 Å². The first-order valence-electron chi connectivity index (χ1n) is 6.22. The van der Waals surface area contributed by atoms with E-state index in [-0.39, 0.29) is 6.61 Å². The summed E-state index contributed by atoms with van der Waals surface area (Å²) in [5, 5.41) is 9.08. The number of benzene rings is 1. The lowest BCUT2D eigenvalue weighted by Gasteiger charge is -2.10. The van der Waals surface area contributed by atoms with Crippen molar-refractivity contribution in [3.8, 4) is 16.9 Å². The molecule has 0 saturated heterocycles. The number of hydrogen-bond acceptors (Lipinski definition) is 4. The maximum Gasteiger partial charge on any atom is 0.0997 e. The molecule has 0 aliphatic carbocycles. The molecule has 0 saturated carbocycles. The van der Waals surface area contributed by atoms with E-state index in [9.17, 15) is 0 Å². The number of rotatable bonds is 3. The maximum absolute atomic E-state index is 9.08. The highest BCUT2D eigenvalue weighted by Crippen LogP contribution is 2.26. The summed E-state index contributed by atoms with van der Waals surface area (Å²) in [5.74, 6) is 0. The van der Waals surface area contributed by atoms with Gasteiger partial charge >= 0.3 is 0 Å². The average Bonchev–Trinajstić information content (AvgIpc) is 2.97. The Morgan fingerprint density at radius 1 is 1.05 bits per heavy atom. The smallest absolute Gasteiger partial charge is 0.0997 e. The molecule has 0 radical (unpaired) electrons. The van der Waals surface area contributed by atoms with Gasteiger partial charge in [0.15, 0.2) is 0 Å². The molecule has 0 spiro atoms. The van der Waals surface area contributed by atoms with Crippen molar-refractivity contribution in [3.63, 3.8) is 0 Å². The molecule has 2 aromatic heterocycles. The van der Waals surface area contributed by atoms with Gasteiger partial charge in [0.05, 0.1) is 24.8 Å². The number of imidazole rings is 1. The number of nitrogen functional groups attached to an aromatic ring is 1. The van der Waals surface area contributed by atoms with Gasteiger partial charge in [0.2, 0.25) is 0 Å². The van der Waals surface area contributed by atoms with E-state index in [2.05, 4.69) is 9.97 Å². The van der Waals surface area contributed by atoms with Gasteiger partial charge in [-0.15, -0.1) is 0 Å². The first-order chi connectivity index (χ1) is 9.79. The first-order valence-corrected chi connectivity index (χ1v) is 6.22. The summed E-state index contributed by atoms with van der Waals surface area (Å²) in [5.41, 5.74) is 10.2. The zero-order valence-electron chi connectivity index (χ0n) is 10.8. The van der Waals surface area contributed by atoms with Crippen LogP contribution in [0, 0.1) is 0 Å². The molecular formula is C15H14N4O. The molecule has 0 amide bonds. The Kier molecular flexibility index (Phi) is 3.18. The number of anilines is 1. The van der Waals surface area contributed by atoms with Gasteiger partial charge < -0.3 is 10.8 Å². The number of nitrogens with zero attached hydrogens (tertiary/aromatic N) is 3. The number of aliphatic hydroxyl groups excluding tert-OH is 1. The molecule has 2 heterocycles. The van der Waals surface area contributed by atoms with E-state index in [4.69, 9.17) is 10.8 Å². The highest BCUT2D eigenvalue weighted by molar-refractivity contribution is 5.73. The second-order valence-corrected chi connectivity index (χ2v) is 4.44. The van der Waals surface area contributed by atoms with Gasteiger partial charge in [0, 0.05) is 29.3 Å². The van der Waals surface area contributed by atoms with Crippen LogP contribution in [0.15, 0.2) is 55.2 Å². The lowest BCUT2D eigenvalue weighted by molar-refractivity contribution is 0.282. The summed E-state index contributed by atoms with van der Waals surface area (Å²) >= 11 is 0. The third-order valence-corrected chi connectivity index (χ3v) is 3.17. The largest absolute Gasteiger partial charge is 0.398 e. The van der Waals surface area contributed by atoms with Gasteiger partial charge in [0.1, 0.15) is 0 Å². The Hall–Kier alpha value is -2.66. The van der Waals surface area contributed by atoms with Crippen molar-refractivity contribution in [1.82, 2.24) is 14.5 Å². The predicted molar refractivity (Wildman–Crippen MR) is 77.1 cm³/mol. The monoisotopic (exact) mass is 266 g/mol. The van der Waals surface area contributed by atoms with Crippen LogP contribution in [-0.2, 0) is 6.61 Å². The lowest BCUT2D eigenvalue weighted by atomic mass is 10.1. The van der Waals surface area contributed by atoms with Crippen molar-refractivity contribution >= 4 is 5.69 Å². The molecular weight excluding hydrogens is 252 g/mol. The fourth-order valence-electron chi connectivity index (χ4n) is 2.08. The molecule has 0 aliphatic heterocycles. The number of aromatic nitrogens is 3. The summed E-state index contributed by atoms with van der Waals surface area (Å²) in [6, 6.07) is 9.39. The molecule has 0 bridgehead atoms. The second-order valence-electron chi connectivity index (χ2n) is 4.44. The highest BCUT2D eigenvalue weighted by Gasteiger charge is 2.09. The third kappa shape index (κ3) is 2.15. The van der Waals surface area contributed by atoms with Gasteiger partial charge in [-0.25, -0.2) is 4.98 Å². The third-order valence-electron chi connectivity index (χ3n) is 3.17. The minimum atomic E-state index is 0.0343. The Labute approximate surface area is 116 Å². The topological polar surface area (TPSA) is 77.0 Å². The van der Waals surface area contributed by atoms with Crippen LogP contribution in [0.25, 0.3) is 16.9 Å². The van der Waals surface area contributed by atoms with E-state index < -0.39 is 0 Å². The summed E-state index contributed by atoms with van der Waals surface area (Å²) < 4.78 is 1.94. The summed E-state index contributed by atoms with van der Waals surface area (Å²) in [6.45, 7) is 0.0343. The summed E-state index contributed by atoms with van der Waals surface area (Å²) in [7, 11) is 0. The quantitative estimate of drug-likeness (QED) is 0.760. The van der Waals surface area contributed by atoms with Gasteiger partial charge in [-0.3, -0.25) is 9.55 Å². The molecule has 3 N–H and O–H groups in total. The Morgan fingerprint density at radius 2 is 1.85 bits per heavy atom. The van der Waals surface area contributed by atoms with Crippen LogP contribution in [0.4, 0.5) is 5.69 Å². The molecule has 0 atom stereocenters. The molecule has 3 aromatic rings. The molecule has 0 fully saturated rings. The van der Waals surface area contributed by atoms with Crippen molar-refractivity contribution in [3.05, 3.63) is 60.8 Å². The Morgan fingerprint density at radius 3 is 2.55 bits per heavy atom. The van der Waals surface area contributed by atoms with E-state index in [0.717, 1.165) is 22.5 Å². The standard InChI is InChI=1S/C15H14N4O/c16-14-5-6-17-7-13(14)15-8-18-10-19(15)12-3-1-11(9-20)2-4-12/h1-8,10,20H,9H2,(H2,16,17). The van der Waals surface area contributed by atoms with Crippen LogP contribution in [0.2, 0.25) is 0 Å². The van der Waals surface area contributed by atoms with E-state index in [1.165, 1.54) is 0 Å². The Balaban J connectivity index is 2.08. The van der Waals surface area contributed by atoms with Crippen molar-refractivity contribution < 1.29 is 5.11 Å². The van der Waals surface area contributed by atoms with E-state index >= 15 is 0 Å². The van der Waals surface area contributed by atoms with Gasteiger partial charge in [-0.05, 0) is 23.8 Å². The minimum absolute atomic E-state index is 0.0343. The number of hydrogen-bond donors (Lipinski definition) is 2. The van der Waals surface area contributed by atoms with Crippen molar-refractivity contribution in [2.24, 2.45) is 0 Å². The number of nitrogens with two attached hydrogens (primary N) is 1. The van der Waals surface area contributed by atoms with Crippen LogP contribution in [-0.4, -0.2) is 19.6 Å². The van der Waals surface area contributed by atoms with Gasteiger partial charge in [0.25, 0.3) is 0 Å². The predicted octanol–water partition coefficient (Wildman–Crippen LogP) is 2.01. The van der Waals surface area contributed by atoms with E-state index in [0.29, 0.717) is 5.69 Å². The second kappa shape index (κ2) is 5.14. The SMILES string of the molecule is Nc1ccncc1-c1cncn1-c1ccc(CO)cc1. The maximum atomic E-state index is 9.08. The molecule has 3 rings (SSSR count). The summed E-state index contributed by atoms with van der Waals surface area (Å²) in [4.78, 5) is 8.30. The number of pyridine rings is 1. The highest BCUT2D eigenvalue weighted by atomic mass is 16.3. The fraction of sp³-hybridized carbons (Fsp3) is 0.0667. The molecule has 5 heteroatoms. The normalized spacial score (nSPS) is 10.7. The zero-order chi connectivity index (χ0) is 13.9. The van der Waals surface area contributed by atoms with Crippen LogP contribution < -0.4 is 5.73 Å². The zero-order valence-corrected chi connectivity index (χ0v) is 10.8. The molecule has 100 valence electrons. The van der Waals surface area contributed by atoms with Crippen LogP contribution >= 0.6 is 0 Å². The summed E-state index contributed by atoms with van der Waals surface area (Å²) in [6.07, 6.45) is 6.88.